The lowest BCUT2D eigenvalue weighted by Crippen LogP contribution is -2.31. The van der Waals surface area contributed by atoms with Crippen molar-refractivity contribution in [1.29, 1.82) is 0 Å². The van der Waals surface area contributed by atoms with Gasteiger partial charge in [0, 0.05) is 12.6 Å². The molecule has 0 radical (unpaired) electrons. The van der Waals surface area contributed by atoms with Gasteiger partial charge in [-0.25, -0.2) is 0 Å². The standard InChI is InChI=1S/C29H28F3NO/c30-29(31,32)34-25-17-9-20(10-18-25)19-33-24-15-13-23(14-16-24)28-26-7-3-1-5-21(26)11-12-22-6-2-4-8-27(22)28/h1-10,17-18,24,33H,11-16,19H2. The van der Waals surface area contributed by atoms with Crippen molar-refractivity contribution >= 4 is 5.57 Å². The molecule has 0 amide bonds. The van der Waals surface area contributed by atoms with Crippen molar-refractivity contribution in [2.45, 2.75) is 57.5 Å². The van der Waals surface area contributed by atoms with E-state index in [1.807, 2.05) is 0 Å². The Kier molecular flexibility index (Phi) is 6.46. The zero-order chi connectivity index (χ0) is 23.5. The largest absolute Gasteiger partial charge is 0.573 e. The molecule has 1 saturated carbocycles. The first kappa shape index (κ1) is 22.7. The van der Waals surface area contributed by atoms with E-state index in [-0.39, 0.29) is 5.75 Å². The Bertz CT molecular complexity index is 1120. The van der Waals surface area contributed by atoms with Crippen molar-refractivity contribution in [1.82, 2.24) is 5.32 Å². The summed E-state index contributed by atoms with van der Waals surface area (Å²) in [5.41, 5.74) is 9.55. The van der Waals surface area contributed by atoms with Crippen molar-refractivity contribution in [3.05, 3.63) is 106 Å². The number of allylic oxidation sites excluding steroid dienone is 1. The van der Waals surface area contributed by atoms with Gasteiger partial charge >= 0.3 is 6.36 Å². The van der Waals surface area contributed by atoms with Gasteiger partial charge in [-0.3, -0.25) is 0 Å². The maximum absolute atomic E-state index is 12.3. The third kappa shape index (κ3) is 5.20. The Hall–Kier alpha value is -3.05. The topological polar surface area (TPSA) is 21.3 Å². The van der Waals surface area contributed by atoms with Crippen molar-refractivity contribution in [3.63, 3.8) is 0 Å². The molecule has 2 aliphatic carbocycles. The summed E-state index contributed by atoms with van der Waals surface area (Å²) in [6, 6.07) is 24.1. The van der Waals surface area contributed by atoms with E-state index in [1.54, 1.807) is 12.1 Å². The van der Waals surface area contributed by atoms with Crippen LogP contribution >= 0.6 is 0 Å². The number of aryl methyl sites for hydroxylation is 2. The summed E-state index contributed by atoms with van der Waals surface area (Å²) in [6.07, 6.45) is 1.69. The maximum Gasteiger partial charge on any atom is 0.573 e. The molecule has 0 aromatic heterocycles. The number of hydrogen-bond acceptors (Lipinski definition) is 2. The van der Waals surface area contributed by atoms with Gasteiger partial charge < -0.3 is 10.1 Å². The first-order valence-corrected chi connectivity index (χ1v) is 11.9. The average Bonchev–Trinajstić information content (AvgIpc) is 3.00. The molecule has 2 nitrogen and oxygen atoms in total. The fourth-order valence-electron chi connectivity index (χ4n) is 5.25. The van der Waals surface area contributed by atoms with Gasteiger partial charge in [0.05, 0.1) is 0 Å². The smallest absolute Gasteiger partial charge is 0.406 e. The third-order valence-corrected chi connectivity index (χ3v) is 6.93. The quantitative estimate of drug-likeness (QED) is 0.441. The fraction of sp³-hybridized carbons (Fsp3) is 0.310. The van der Waals surface area contributed by atoms with E-state index < -0.39 is 6.36 Å². The van der Waals surface area contributed by atoms with Gasteiger partial charge in [0.15, 0.2) is 0 Å². The van der Waals surface area contributed by atoms with E-state index in [0.717, 1.165) is 44.1 Å². The van der Waals surface area contributed by atoms with Crippen molar-refractivity contribution in [2.75, 3.05) is 0 Å². The minimum Gasteiger partial charge on any atom is -0.406 e. The van der Waals surface area contributed by atoms with Gasteiger partial charge in [-0.1, -0.05) is 66.2 Å². The molecular formula is C29H28F3NO. The Balaban J connectivity index is 1.28. The molecule has 0 aliphatic heterocycles. The minimum absolute atomic E-state index is 0.186. The van der Waals surface area contributed by atoms with E-state index in [2.05, 4.69) is 58.6 Å². The molecule has 0 spiro atoms. The Labute approximate surface area is 198 Å². The van der Waals surface area contributed by atoms with Crippen LogP contribution in [-0.4, -0.2) is 12.4 Å². The number of ether oxygens (including phenoxy) is 1. The SMILES string of the molecule is FC(F)(F)Oc1ccc(CNC2CCC(=C3c4ccccc4CCc4ccccc43)CC2)cc1. The van der Waals surface area contributed by atoms with Crippen LogP contribution in [0.1, 0.15) is 53.5 Å². The second-order valence-corrected chi connectivity index (χ2v) is 9.14. The zero-order valence-electron chi connectivity index (χ0n) is 19.0. The molecule has 176 valence electrons. The van der Waals surface area contributed by atoms with Crippen LogP contribution in [0.2, 0.25) is 0 Å². The summed E-state index contributed by atoms with van der Waals surface area (Å²) in [7, 11) is 0. The second-order valence-electron chi connectivity index (χ2n) is 9.14. The molecule has 0 bridgehead atoms. The Morgan fingerprint density at radius 1 is 0.735 bits per heavy atom. The number of benzene rings is 3. The van der Waals surface area contributed by atoms with Crippen LogP contribution in [0.4, 0.5) is 13.2 Å². The normalized spacial score (nSPS) is 18.1. The van der Waals surface area contributed by atoms with E-state index in [4.69, 9.17) is 0 Å². The van der Waals surface area contributed by atoms with E-state index >= 15 is 0 Å². The molecule has 5 heteroatoms. The Morgan fingerprint density at radius 3 is 1.85 bits per heavy atom. The van der Waals surface area contributed by atoms with E-state index in [9.17, 15) is 13.2 Å². The van der Waals surface area contributed by atoms with Gasteiger partial charge in [0.2, 0.25) is 0 Å². The molecule has 0 saturated heterocycles. The van der Waals surface area contributed by atoms with Gasteiger partial charge in [-0.2, -0.15) is 0 Å². The summed E-state index contributed by atoms with van der Waals surface area (Å²) < 4.78 is 41.0. The lowest BCUT2D eigenvalue weighted by Gasteiger charge is -2.28. The Morgan fingerprint density at radius 2 is 1.29 bits per heavy atom. The molecule has 0 atom stereocenters. The highest BCUT2D eigenvalue weighted by molar-refractivity contribution is 5.86. The lowest BCUT2D eigenvalue weighted by atomic mass is 9.82. The van der Waals surface area contributed by atoms with Gasteiger partial charge in [0.1, 0.15) is 5.75 Å². The molecule has 3 aromatic rings. The number of hydrogen-bond donors (Lipinski definition) is 1. The summed E-state index contributed by atoms with van der Waals surface area (Å²) in [5, 5.41) is 3.59. The molecule has 3 aromatic carbocycles. The van der Waals surface area contributed by atoms with Crippen LogP contribution in [0.15, 0.2) is 78.4 Å². The van der Waals surface area contributed by atoms with Crippen LogP contribution in [0.3, 0.4) is 0 Å². The summed E-state index contributed by atoms with van der Waals surface area (Å²) in [5.74, 6) is -0.186. The van der Waals surface area contributed by atoms with Crippen LogP contribution in [0.5, 0.6) is 5.75 Å². The highest BCUT2D eigenvalue weighted by atomic mass is 19.4. The highest BCUT2D eigenvalue weighted by Gasteiger charge is 2.31. The molecular weight excluding hydrogens is 435 g/mol. The monoisotopic (exact) mass is 463 g/mol. The molecule has 5 rings (SSSR count). The number of nitrogens with one attached hydrogen (secondary N) is 1. The molecule has 1 N–H and O–H groups in total. The van der Waals surface area contributed by atoms with E-state index in [1.165, 1.54) is 45.5 Å². The van der Waals surface area contributed by atoms with Crippen molar-refractivity contribution < 1.29 is 17.9 Å². The van der Waals surface area contributed by atoms with Crippen LogP contribution in [0, 0.1) is 0 Å². The van der Waals surface area contributed by atoms with Crippen LogP contribution in [0.25, 0.3) is 5.57 Å². The average molecular weight is 464 g/mol. The number of alkyl halides is 3. The van der Waals surface area contributed by atoms with E-state index in [0.29, 0.717) is 12.6 Å². The van der Waals surface area contributed by atoms with Crippen molar-refractivity contribution in [2.24, 2.45) is 0 Å². The molecule has 0 heterocycles. The predicted molar refractivity (Wildman–Crippen MR) is 129 cm³/mol. The molecule has 34 heavy (non-hydrogen) atoms. The van der Waals surface area contributed by atoms with Crippen LogP contribution in [-0.2, 0) is 19.4 Å². The number of fused-ring (bicyclic) bond motifs is 2. The minimum atomic E-state index is -4.66. The first-order valence-electron chi connectivity index (χ1n) is 11.9. The predicted octanol–water partition coefficient (Wildman–Crippen LogP) is 7.22. The van der Waals surface area contributed by atoms with Crippen molar-refractivity contribution in [3.8, 4) is 5.75 Å². The summed E-state index contributed by atoms with van der Waals surface area (Å²) in [6.45, 7) is 0.633. The molecule has 1 fully saturated rings. The first-order chi connectivity index (χ1) is 16.5. The zero-order valence-corrected chi connectivity index (χ0v) is 19.0. The van der Waals surface area contributed by atoms with Gasteiger partial charge in [0.25, 0.3) is 0 Å². The fourth-order valence-corrected chi connectivity index (χ4v) is 5.25. The lowest BCUT2D eigenvalue weighted by molar-refractivity contribution is -0.274. The second kappa shape index (κ2) is 9.67. The number of halogens is 3. The third-order valence-electron chi connectivity index (χ3n) is 6.93. The van der Waals surface area contributed by atoms with Gasteiger partial charge in [-0.15, -0.1) is 13.2 Å². The molecule has 0 unspecified atom stereocenters. The summed E-state index contributed by atoms with van der Waals surface area (Å²) >= 11 is 0. The van der Waals surface area contributed by atoms with Crippen LogP contribution < -0.4 is 10.1 Å². The maximum atomic E-state index is 12.3. The van der Waals surface area contributed by atoms with Gasteiger partial charge in [-0.05, 0) is 84.0 Å². The highest BCUT2D eigenvalue weighted by Crippen LogP contribution is 2.40. The number of rotatable bonds is 4. The molecule has 2 aliphatic rings. The summed E-state index contributed by atoms with van der Waals surface area (Å²) in [4.78, 5) is 0.